The summed E-state index contributed by atoms with van der Waals surface area (Å²) in [5.41, 5.74) is 7.45. The molecule has 0 unspecified atom stereocenters. The number of nitrogens with zero attached hydrogens (tertiary/aromatic N) is 3. The largest absolute Gasteiger partial charge is 0.352 e. The minimum absolute atomic E-state index is 0.230. The lowest BCUT2D eigenvalue weighted by Gasteiger charge is -2.07. The molecule has 1 rings (SSSR count). The van der Waals surface area contributed by atoms with E-state index in [0.717, 1.165) is 12.1 Å². The minimum Gasteiger partial charge on any atom is -0.352 e. The van der Waals surface area contributed by atoms with Gasteiger partial charge in [0.25, 0.3) is 5.91 Å². The summed E-state index contributed by atoms with van der Waals surface area (Å²) in [5.74, 6) is -2.64. The second-order valence-electron chi connectivity index (χ2n) is 3.66. The van der Waals surface area contributed by atoms with Crippen LogP contribution in [0.5, 0.6) is 0 Å². The Hall–Kier alpha value is -1.66. The average Bonchev–Trinajstić information content (AvgIpc) is 2.32. The van der Waals surface area contributed by atoms with Gasteiger partial charge in [0.05, 0.1) is 0 Å². The summed E-state index contributed by atoms with van der Waals surface area (Å²) in [4.78, 5) is 14.2. The van der Waals surface area contributed by atoms with Crippen LogP contribution in [0.4, 0.5) is 8.78 Å². The van der Waals surface area contributed by atoms with Gasteiger partial charge in [-0.25, -0.2) is 8.78 Å². The number of hydrogen-bond donors (Lipinski definition) is 1. The predicted molar refractivity (Wildman–Crippen MR) is 69.6 cm³/mol. The Balaban J connectivity index is 2.52. The molecule has 1 aromatic rings. The summed E-state index contributed by atoms with van der Waals surface area (Å²) < 4.78 is 27.1. The maximum Gasteiger partial charge on any atom is 0.257 e. The fourth-order valence-corrected chi connectivity index (χ4v) is 1.80. The summed E-state index contributed by atoms with van der Waals surface area (Å²) in [5, 5.41) is 5.74. The first-order chi connectivity index (χ1) is 9.06. The molecule has 0 aliphatic rings. The van der Waals surface area contributed by atoms with Gasteiger partial charge in [0.15, 0.2) is 0 Å². The topological polar surface area (TPSA) is 77.9 Å². The number of unbranched alkanes of at least 4 members (excludes halogenated alkanes) is 1. The van der Waals surface area contributed by atoms with Crippen LogP contribution in [0, 0.1) is 11.6 Å². The molecule has 1 N–H and O–H groups in total. The lowest BCUT2D eigenvalue weighted by atomic mass is 10.2. The van der Waals surface area contributed by atoms with Crippen molar-refractivity contribution in [1.29, 1.82) is 0 Å². The maximum absolute atomic E-state index is 13.5. The molecular weight excluding hydrogens is 322 g/mol. The zero-order chi connectivity index (χ0) is 14.3. The molecule has 0 aliphatic heterocycles. The van der Waals surface area contributed by atoms with E-state index in [4.69, 9.17) is 5.53 Å². The first-order valence-corrected chi connectivity index (χ1v) is 6.29. The van der Waals surface area contributed by atoms with Crippen molar-refractivity contribution in [1.82, 2.24) is 5.32 Å². The number of azide groups is 1. The van der Waals surface area contributed by atoms with Crippen LogP contribution in [-0.2, 0) is 0 Å². The van der Waals surface area contributed by atoms with Gasteiger partial charge in [0, 0.05) is 22.5 Å². The Labute approximate surface area is 116 Å². The molecule has 0 aromatic heterocycles. The SMILES string of the molecule is [N-]=[N+]=NCCCCNC(=O)c1c(F)cc(Br)cc1F. The summed E-state index contributed by atoms with van der Waals surface area (Å²) in [6.07, 6.45) is 1.15. The molecule has 19 heavy (non-hydrogen) atoms. The first kappa shape index (κ1) is 15.4. The van der Waals surface area contributed by atoms with Gasteiger partial charge in [-0.15, -0.1) is 0 Å². The van der Waals surface area contributed by atoms with Crippen molar-refractivity contribution < 1.29 is 13.6 Å². The van der Waals surface area contributed by atoms with Gasteiger partial charge < -0.3 is 5.32 Å². The number of hydrogen-bond acceptors (Lipinski definition) is 2. The molecule has 0 aliphatic carbocycles. The maximum atomic E-state index is 13.5. The van der Waals surface area contributed by atoms with Crippen LogP contribution in [0.3, 0.4) is 0 Å². The van der Waals surface area contributed by atoms with Crippen molar-refractivity contribution in [2.24, 2.45) is 5.11 Å². The van der Waals surface area contributed by atoms with Gasteiger partial charge in [-0.05, 0) is 30.5 Å². The summed E-state index contributed by atoms with van der Waals surface area (Å²) >= 11 is 2.93. The van der Waals surface area contributed by atoms with E-state index in [9.17, 15) is 13.6 Å². The lowest BCUT2D eigenvalue weighted by molar-refractivity contribution is 0.0944. The van der Waals surface area contributed by atoms with Crippen molar-refractivity contribution in [2.75, 3.05) is 13.1 Å². The van der Waals surface area contributed by atoms with Gasteiger partial charge in [-0.1, -0.05) is 21.0 Å². The van der Waals surface area contributed by atoms with Gasteiger partial charge in [0.2, 0.25) is 0 Å². The third-order valence-corrected chi connectivity index (χ3v) is 2.73. The highest BCUT2D eigenvalue weighted by Crippen LogP contribution is 2.19. The molecule has 0 saturated carbocycles. The fraction of sp³-hybridized carbons (Fsp3) is 0.364. The highest BCUT2D eigenvalue weighted by molar-refractivity contribution is 9.10. The normalized spacial score (nSPS) is 9.84. The number of carbonyl (C=O) groups is 1. The van der Waals surface area contributed by atoms with Gasteiger partial charge in [-0.2, -0.15) is 0 Å². The van der Waals surface area contributed by atoms with Crippen LogP contribution in [-0.4, -0.2) is 19.0 Å². The van der Waals surface area contributed by atoms with Crippen molar-refractivity contribution in [3.63, 3.8) is 0 Å². The number of halogens is 3. The second-order valence-corrected chi connectivity index (χ2v) is 4.58. The minimum atomic E-state index is -0.918. The zero-order valence-electron chi connectivity index (χ0n) is 9.87. The van der Waals surface area contributed by atoms with E-state index in [0.29, 0.717) is 19.4 Å². The number of carbonyl (C=O) groups excluding carboxylic acids is 1. The quantitative estimate of drug-likeness (QED) is 0.367. The lowest BCUT2D eigenvalue weighted by Crippen LogP contribution is -2.26. The van der Waals surface area contributed by atoms with E-state index in [-0.39, 0.29) is 11.0 Å². The molecular formula is C11H11BrF2N4O. The zero-order valence-corrected chi connectivity index (χ0v) is 11.5. The standard InChI is InChI=1S/C11H11BrF2N4O/c12-7-5-8(13)10(9(14)6-7)11(19)16-3-1-2-4-17-18-15/h5-6H,1-4H2,(H,16,19). The van der Waals surface area contributed by atoms with Crippen LogP contribution < -0.4 is 5.32 Å². The molecule has 0 spiro atoms. The fourth-order valence-electron chi connectivity index (χ4n) is 1.40. The van der Waals surface area contributed by atoms with E-state index >= 15 is 0 Å². The van der Waals surface area contributed by atoms with E-state index < -0.39 is 23.1 Å². The summed E-state index contributed by atoms with van der Waals surface area (Å²) in [6, 6.07) is 2.05. The van der Waals surface area contributed by atoms with Gasteiger partial charge in [-0.3, -0.25) is 4.79 Å². The number of rotatable bonds is 6. The van der Waals surface area contributed by atoms with Crippen molar-refractivity contribution in [3.05, 3.63) is 44.2 Å². The van der Waals surface area contributed by atoms with Crippen LogP contribution in [0.15, 0.2) is 21.7 Å². The molecule has 1 amide bonds. The van der Waals surface area contributed by atoms with E-state index in [2.05, 4.69) is 31.3 Å². The monoisotopic (exact) mass is 332 g/mol. The van der Waals surface area contributed by atoms with Crippen molar-refractivity contribution >= 4 is 21.8 Å². The summed E-state index contributed by atoms with van der Waals surface area (Å²) in [7, 11) is 0. The molecule has 1 aromatic carbocycles. The molecule has 0 radical (unpaired) electrons. The third kappa shape index (κ3) is 4.84. The van der Waals surface area contributed by atoms with E-state index in [1.54, 1.807) is 0 Å². The van der Waals surface area contributed by atoms with Crippen LogP contribution in [0.25, 0.3) is 10.4 Å². The highest BCUT2D eigenvalue weighted by Gasteiger charge is 2.17. The molecule has 0 saturated heterocycles. The van der Waals surface area contributed by atoms with Gasteiger partial charge >= 0.3 is 0 Å². The van der Waals surface area contributed by atoms with Crippen molar-refractivity contribution in [2.45, 2.75) is 12.8 Å². The molecule has 0 heterocycles. The second kappa shape index (κ2) is 7.70. The average molecular weight is 333 g/mol. The third-order valence-electron chi connectivity index (χ3n) is 2.27. The summed E-state index contributed by atoms with van der Waals surface area (Å²) in [6.45, 7) is 0.585. The molecule has 5 nitrogen and oxygen atoms in total. The highest BCUT2D eigenvalue weighted by atomic mass is 79.9. The number of amides is 1. The molecule has 8 heteroatoms. The molecule has 102 valence electrons. The Morgan fingerprint density at radius 1 is 1.37 bits per heavy atom. The smallest absolute Gasteiger partial charge is 0.257 e. The Kier molecular flexibility index (Phi) is 6.24. The number of nitrogens with one attached hydrogen (secondary N) is 1. The predicted octanol–water partition coefficient (Wildman–Crippen LogP) is 3.55. The molecule has 0 atom stereocenters. The first-order valence-electron chi connectivity index (χ1n) is 5.50. The van der Waals surface area contributed by atoms with Crippen LogP contribution in [0.2, 0.25) is 0 Å². The Bertz CT molecular complexity index is 494. The van der Waals surface area contributed by atoms with E-state index in [1.807, 2.05) is 0 Å². The molecule has 0 fully saturated rings. The van der Waals surface area contributed by atoms with Gasteiger partial charge in [0.1, 0.15) is 17.2 Å². The van der Waals surface area contributed by atoms with E-state index in [1.165, 1.54) is 0 Å². The Morgan fingerprint density at radius 2 is 2.00 bits per heavy atom. The van der Waals surface area contributed by atoms with Crippen LogP contribution >= 0.6 is 15.9 Å². The van der Waals surface area contributed by atoms with Crippen LogP contribution in [0.1, 0.15) is 23.2 Å². The molecule has 0 bridgehead atoms. The van der Waals surface area contributed by atoms with Crippen molar-refractivity contribution in [3.8, 4) is 0 Å². The number of benzene rings is 1. The Morgan fingerprint density at radius 3 is 2.58 bits per heavy atom.